The number of likely N-dealkylation sites (N-methyl/N-ethyl adjacent to an activating group) is 1. The summed E-state index contributed by atoms with van der Waals surface area (Å²) in [5.41, 5.74) is 5.87. The Morgan fingerprint density at radius 3 is 2.19 bits per heavy atom. The highest BCUT2D eigenvalue weighted by Gasteiger charge is 2.46. The van der Waals surface area contributed by atoms with Gasteiger partial charge in [0.15, 0.2) is 0 Å². The number of carbonyl (C=O) groups is 5. The number of benzene rings is 1. The van der Waals surface area contributed by atoms with E-state index in [1.165, 1.54) is 21.3 Å². The molecule has 0 unspecified atom stereocenters. The Morgan fingerprint density at radius 2 is 1.66 bits per heavy atom. The second kappa shape index (κ2) is 20.2. The maximum atomic E-state index is 14.3. The molecule has 0 aromatic heterocycles. The van der Waals surface area contributed by atoms with E-state index in [4.69, 9.17) is 24.7 Å². The summed E-state index contributed by atoms with van der Waals surface area (Å²) in [6.45, 7) is 10.1. The van der Waals surface area contributed by atoms with Crippen LogP contribution in [0.4, 0.5) is 0 Å². The van der Waals surface area contributed by atoms with Crippen LogP contribution < -0.4 is 16.4 Å². The molecule has 2 saturated heterocycles. The maximum Gasteiger partial charge on any atom is 0.328 e. The van der Waals surface area contributed by atoms with Gasteiger partial charge in [-0.1, -0.05) is 71.4 Å². The van der Waals surface area contributed by atoms with Crippen LogP contribution in [0.25, 0.3) is 0 Å². The number of hydrogen-bond acceptors (Lipinski definition) is 10. The Balaban J connectivity index is 1.79. The summed E-state index contributed by atoms with van der Waals surface area (Å²) in [6, 6.07) is 6.71. The van der Waals surface area contributed by atoms with Gasteiger partial charge < -0.3 is 45.1 Å². The molecule has 2 aliphatic rings. The number of ether oxygens (including phenoxy) is 4. The average molecular weight is 746 g/mol. The lowest BCUT2D eigenvalue weighted by Gasteiger charge is -2.44. The quantitative estimate of drug-likeness (QED) is 0.178. The van der Waals surface area contributed by atoms with Crippen molar-refractivity contribution < 1.29 is 42.9 Å². The van der Waals surface area contributed by atoms with Gasteiger partial charge in [-0.3, -0.25) is 19.2 Å². The molecule has 4 amide bonds. The number of esters is 1. The Labute approximate surface area is 315 Å². The average Bonchev–Trinajstić information content (AvgIpc) is 3.14. The first-order valence-corrected chi connectivity index (χ1v) is 18.8. The van der Waals surface area contributed by atoms with Gasteiger partial charge in [-0.15, -0.1) is 0 Å². The Morgan fingerprint density at radius 1 is 1.00 bits per heavy atom. The molecule has 1 aromatic carbocycles. The first-order chi connectivity index (χ1) is 25.1. The van der Waals surface area contributed by atoms with Gasteiger partial charge in [0.2, 0.25) is 23.6 Å². The molecule has 0 saturated carbocycles. The van der Waals surface area contributed by atoms with E-state index < -0.39 is 59.7 Å². The number of nitrogens with two attached hydrogens (primary N) is 1. The van der Waals surface area contributed by atoms with Crippen LogP contribution in [-0.2, 0) is 49.3 Å². The lowest BCUT2D eigenvalue weighted by atomic mass is 9.87. The van der Waals surface area contributed by atoms with Crippen molar-refractivity contribution in [3.63, 3.8) is 0 Å². The standard InChI is InChI=1S/C39H63N5O9/c1-10-25(4)33(43(6)36(47)32(24(2)3)42-38(49)39(40)22-53-23-39)30(50-7)21-31(45)44-19-15-14-18-29(44)34(51-8)26(5)35(46)41-28(37(48)52-9)20-27-16-12-11-13-17-27/h11-13,16-17,24-26,28-30,32-34H,10,14-15,18-23,40H2,1-9H3,(H,41,46)(H,42,49)/t25-,26+,28-,29-,30+,32-,33-,34+/m0/s1. The summed E-state index contributed by atoms with van der Waals surface area (Å²) in [5, 5.41) is 5.72. The fourth-order valence-corrected chi connectivity index (χ4v) is 7.43. The van der Waals surface area contributed by atoms with Crippen LogP contribution in [0.15, 0.2) is 30.3 Å². The van der Waals surface area contributed by atoms with E-state index in [-0.39, 0.29) is 55.6 Å². The van der Waals surface area contributed by atoms with Crippen LogP contribution in [0, 0.1) is 17.8 Å². The van der Waals surface area contributed by atoms with E-state index >= 15 is 0 Å². The monoisotopic (exact) mass is 745 g/mol. The molecule has 0 spiro atoms. The number of piperidine rings is 1. The topological polar surface area (TPSA) is 179 Å². The zero-order valence-electron chi connectivity index (χ0n) is 33.1. The van der Waals surface area contributed by atoms with Crippen LogP contribution in [0.5, 0.6) is 0 Å². The fraction of sp³-hybridized carbons (Fsp3) is 0.718. The molecule has 14 heteroatoms. The molecule has 3 rings (SSSR count). The fourth-order valence-electron chi connectivity index (χ4n) is 7.43. The minimum Gasteiger partial charge on any atom is -0.467 e. The molecule has 298 valence electrons. The molecule has 2 heterocycles. The van der Waals surface area contributed by atoms with Crippen LogP contribution in [0.3, 0.4) is 0 Å². The summed E-state index contributed by atoms with van der Waals surface area (Å²) < 4.78 is 22.1. The van der Waals surface area contributed by atoms with Gasteiger partial charge >= 0.3 is 5.97 Å². The van der Waals surface area contributed by atoms with Crippen molar-refractivity contribution in [3.8, 4) is 0 Å². The van der Waals surface area contributed by atoms with Crippen LogP contribution in [0.2, 0.25) is 0 Å². The minimum atomic E-state index is -1.17. The number of carbonyl (C=O) groups excluding carboxylic acids is 5. The first kappa shape index (κ1) is 43.8. The smallest absolute Gasteiger partial charge is 0.328 e. The van der Waals surface area contributed by atoms with Crippen LogP contribution in [0.1, 0.15) is 72.3 Å². The van der Waals surface area contributed by atoms with Gasteiger partial charge in [0.1, 0.15) is 17.6 Å². The molecule has 0 aliphatic carbocycles. The molecule has 1 aromatic rings. The molecular formula is C39H63N5O9. The molecule has 0 radical (unpaired) electrons. The first-order valence-electron chi connectivity index (χ1n) is 18.8. The third-order valence-electron chi connectivity index (χ3n) is 11.0. The van der Waals surface area contributed by atoms with E-state index in [0.717, 1.165) is 18.4 Å². The third-order valence-corrected chi connectivity index (χ3v) is 11.0. The summed E-state index contributed by atoms with van der Waals surface area (Å²) >= 11 is 0. The number of likely N-dealkylation sites (tertiary alicyclic amines) is 1. The van der Waals surface area contributed by atoms with Crippen LogP contribution in [-0.4, -0.2) is 129 Å². The predicted molar refractivity (Wildman–Crippen MR) is 199 cm³/mol. The molecule has 2 fully saturated rings. The normalized spacial score (nSPS) is 20.8. The lowest BCUT2D eigenvalue weighted by Crippen LogP contribution is -2.69. The highest BCUT2D eigenvalue weighted by atomic mass is 16.5. The number of nitrogens with one attached hydrogen (secondary N) is 2. The Hall–Kier alpha value is -3.59. The van der Waals surface area contributed by atoms with Gasteiger partial charge in [0.05, 0.1) is 57.0 Å². The zero-order valence-corrected chi connectivity index (χ0v) is 33.1. The highest BCUT2D eigenvalue weighted by molar-refractivity contribution is 5.93. The largest absolute Gasteiger partial charge is 0.467 e. The SMILES string of the molecule is CC[C@H](C)[C@@H]([C@@H](CC(=O)N1CCCC[C@H]1[C@H](OC)[C@@H](C)C(=O)N[C@@H](Cc1ccccc1)C(=O)OC)OC)N(C)C(=O)[C@@H](NC(=O)C1(N)COC1)C(C)C. The highest BCUT2D eigenvalue weighted by Crippen LogP contribution is 2.29. The zero-order chi connectivity index (χ0) is 39.5. The van der Waals surface area contributed by atoms with Gasteiger partial charge in [0, 0.05) is 34.2 Å². The number of nitrogens with zero attached hydrogens (tertiary/aromatic N) is 2. The number of amides is 4. The van der Waals surface area contributed by atoms with Crippen molar-refractivity contribution in [3.05, 3.63) is 35.9 Å². The summed E-state index contributed by atoms with van der Waals surface area (Å²) in [5.74, 6) is -2.86. The third kappa shape index (κ3) is 11.0. The summed E-state index contributed by atoms with van der Waals surface area (Å²) in [6.07, 6.45) is 1.89. The summed E-state index contributed by atoms with van der Waals surface area (Å²) in [7, 11) is 6.03. The van der Waals surface area contributed by atoms with Crippen molar-refractivity contribution in [1.82, 2.24) is 20.4 Å². The molecule has 4 N–H and O–H groups in total. The lowest BCUT2D eigenvalue weighted by molar-refractivity contribution is -0.152. The molecular weight excluding hydrogens is 682 g/mol. The van der Waals surface area contributed by atoms with E-state index in [0.29, 0.717) is 19.4 Å². The van der Waals surface area contributed by atoms with E-state index in [1.807, 2.05) is 58.0 Å². The molecule has 14 nitrogen and oxygen atoms in total. The number of hydrogen-bond donors (Lipinski definition) is 3. The van der Waals surface area contributed by atoms with E-state index in [2.05, 4.69) is 10.6 Å². The predicted octanol–water partition coefficient (Wildman–Crippen LogP) is 2.07. The molecule has 2 aliphatic heterocycles. The van der Waals surface area contributed by atoms with Gasteiger partial charge in [0.25, 0.3) is 0 Å². The van der Waals surface area contributed by atoms with Crippen molar-refractivity contribution in [1.29, 1.82) is 0 Å². The van der Waals surface area contributed by atoms with Gasteiger partial charge in [-0.25, -0.2) is 4.79 Å². The second-order valence-electron chi connectivity index (χ2n) is 15.1. The second-order valence-corrected chi connectivity index (χ2v) is 15.1. The minimum absolute atomic E-state index is 0.0138. The summed E-state index contributed by atoms with van der Waals surface area (Å²) in [4.78, 5) is 71.2. The van der Waals surface area contributed by atoms with Gasteiger partial charge in [-0.05, 0) is 36.7 Å². The molecule has 0 bridgehead atoms. The Bertz CT molecular complexity index is 1370. The molecule has 53 heavy (non-hydrogen) atoms. The van der Waals surface area contributed by atoms with E-state index in [1.54, 1.807) is 23.8 Å². The maximum absolute atomic E-state index is 14.3. The van der Waals surface area contributed by atoms with Crippen molar-refractivity contribution in [2.24, 2.45) is 23.5 Å². The van der Waals surface area contributed by atoms with Crippen molar-refractivity contribution in [2.45, 2.75) is 115 Å². The Kier molecular flexibility index (Phi) is 16.7. The van der Waals surface area contributed by atoms with Crippen molar-refractivity contribution in [2.75, 3.05) is 48.1 Å². The van der Waals surface area contributed by atoms with E-state index in [9.17, 15) is 24.0 Å². The van der Waals surface area contributed by atoms with Crippen molar-refractivity contribution >= 4 is 29.6 Å². The number of methoxy groups -OCH3 is 3. The van der Waals surface area contributed by atoms with Gasteiger partial charge in [-0.2, -0.15) is 0 Å². The number of rotatable bonds is 19. The van der Waals surface area contributed by atoms with Crippen LogP contribution >= 0.6 is 0 Å². The molecule has 8 atom stereocenters.